The van der Waals surface area contributed by atoms with E-state index in [0.717, 1.165) is 57.8 Å². The molecule has 8 aromatic rings. The summed E-state index contributed by atoms with van der Waals surface area (Å²) in [6, 6.07) is 71.4. The summed E-state index contributed by atoms with van der Waals surface area (Å²) in [5.41, 5.74) is 21.7. The highest BCUT2D eigenvalue weighted by Crippen LogP contribution is 2.25. The predicted octanol–water partition coefficient (Wildman–Crippen LogP) is 23.0. The Morgan fingerprint density at radius 2 is 0.468 bits per heavy atom. The van der Waals surface area contributed by atoms with E-state index < -0.39 is 0 Å². The molecule has 0 atom stereocenters. The number of allylic oxidation sites excluding steroid dienone is 8. The molecule has 0 saturated heterocycles. The second-order valence-electron chi connectivity index (χ2n) is 20.7. The van der Waals surface area contributed by atoms with Gasteiger partial charge in [-0.05, 0) is 195 Å². The minimum absolute atomic E-state index is 1.10. The van der Waals surface area contributed by atoms with E-state index in [1.807, 2.05) is 0 Å². The Morgan fingerprint density at radius 3 is 0.696 bits per heavy atom. The summed E-state index contributed by atoms with van der Waals surface area (Å²) in [4.78, 5) is 0. The summed E-state index contributed by atoms with van der Waals surface area (Å²) in [6.07, 6.45) is 35.0. The van der Waals surface area contributed by atoms with Gasteiger partial charge in [-0.25, -0.2) is 0 Å². The van der Waals surface area contributed by atoms with Crippen LogP contribution in [0.25, 0.3) is 44.5 Å². The van der Waals surface area contributed by atoms with Gasteiger partial charge in [0.1, 0.15) is 0 Å². The van der Waals surface area contributed by atoms with Gasteiger partial charge in [0, 0.05) is 0 Å². The third-order valence-electron chi connectivity index (χ3n) is 14.4. The first kappa shape index (κ1) is 62.6. The quantitative estimate of drug-likeness (QED) is 0.0442. The second-order valence-corrected chi connectivity index (χ2v) is 20.7. The molecule has 0 aromatic heterocycles. The highest BCUT2D eigenvalue weighted by Gasteiger charge is 2.03. The minimum atomic E-state index is 1.10. The molecule has 0 unspecified atom stereocenters. The first-order valence-electron chi connectivity index (χ1n) is 29.9. The van der Waals surface area contributed by atoms with Crippen molar-refractivity contribution >= 4 is 0 Å². The van der Waals surface area contributed by atoms with E-state index in [0.29, 0.717) is 0 Å². The molecule has 8 rings (SSSR count). The Morgan fingerprint density at radius 1 is 0.241 bits per heavy atom. The maximum absolute atomic E-state index is 2.28. The Bertz CT molecular complexity index is 2940. The van der Waals surface area contributed by atoms with E-state index in [1.54, 1.807) is 0 Å². The Hall–Kier alpha value is -7.28. The zero-order chi connectivity index (χ0) is 56.1. The van der Waals surface area contributed by atoms with Crippen LogP contribution in [0.1, 0.15) is 144 Å². The van der Waals surface area contributed by atoms with Gasteiger partial charge in [0.25, 0.3) is 0 Å². The van der Waals surface area contributed by atoms with Gasteiger partial charge >= 0.3 is 0 Å². The monoisotopic (exact) mass is 1040 g/mol. The lowest BCUT2D eigenvalue weighted by Gasteiger charge is -2.06. The molecule has 0 radical (unpaired) electrons. The van der Waals surface area contributed by atoms with Crippen molar-refractivity contribution in [3.05, 3.63) is 287 Å². The number of unbranched alkanes of at least 4 members (excludes halogenated alkanes) is 2. The SMILES string of the molecule is C/C=C/CCc1ccc(-c2ccc(C)cc2)cc1.C/C=C/CCc1ccc(-c2ccc(CC)cc2)cc1.C/C=C/CCc1ccc(-c2ccc(CCC)cc2)cc1.C/C=C/CCc1ccc(-c2ccc(CCCCC)cc2)cc1. The number of hydrogen-bond acceptors (Lipinski definition) is 0. The molecule has 8 aromatic carbocycles. The lowest BCUT2D eigenvalue weighted by molar-refractivity contribution is 0.717. The summed E-state index contributed by atoms with van der Waals surface area (Å²) in [5.74, 6) is 0. The van der Waals surface area contributed by atoms with E-state index in [4.69, 9.17) is 0 Å². The zero-order valence-electron chi connectivity index (χ0n) is 49.7. The van der Waals surface area contributed by atoms with Crippen LogP contribution >= 0.6 is 0 Å². The average molecular weight is 1040 g/mol. The molecule has 0 saturated carbocycles. The van der Waals surface area contributed by atoms with Crippen LogP contribution in [0.4, 0.5) is 0 Å². The Labute approximate surface area is 480 Å². The third kappa shape index (κ3) is 23.7. The van der Waals surface area contributed by atoms with Crippen molar-refractivity contribution in [2.24, 2.45) is 0 Å². The van der Waals surface area contributed by atoms with Crippen molar-refractivity contribution in [1.29, 1.82) is 0 Å². The summed E-state index contributed by atoms with van der Waals surface area (Å²) in [7, 11) is 0. The number of hydrogen-bond donors (Lipinski definition) is 0. The molecule has 0 fully saturated rings. The van der Waals surface area contributed by atoms with E-state index >= 15 is 0 Å². The van der Waals surface area contributed by atoms with Crippen LogP contribution in [0.5, 0.6) is 0 Å². The van der Waals surface area contributed by atoms with Gasteiger partial charge in [0.15, 0.2) is 0 Å². The van der Waals surface area contributed by atoms with Crippen molar-refractivity contribution in [3.8, 4) is 44.5 Å². The Kier molecular flexibility index (Phi) is 29.7. The molecular formula is C79H94. The topological polar surface area (TPSA) is 0 Å². The van der Waals surface area contributed by atoms with Crippen LogP contribution in [0, 0.1) is 6.92 Å². The largest absolute Gasteiger partial charge is 0.0917 e. The standard InChI is InChI=1S/C22H28.C20H24.C19H22.C18H20/c1-3-5-7-9-19-11-15-21(16-12-19)22-17-13-20(14-18-22)10-8-6-4-2;1-3-5-6-8-18-11-15-20(16-12-18)19-13-9-17(7-4-2)10-14-19;1-3-5-6-7-17-10-14-19(15-11-17)18-12-8-16(4-2)9-13-18;1-3-4-5-6-16-9-13-18(14-10-16)17-11-7-15(2)8-12-17/h3,5,11-18H,4,6-10H2,1-2H3;3,5,9-16H,4,6-8H2,1-2H3;3,5,8-15H,4,6-7H2,1-2H3;3-4,7-14H,5-6H2,1-2H3/b3*5-3+;4-3+. The molecular weight excluding hydrogens is 949 g/mol. The van der Waals surface area contributed by atoms with Crippen LogP contribution in [0.2, 0.25) is 0 Å². The van der Waals surface area contributed by atoms with Crippen LogP contribution in [0.3, 0.4) is 0 Å². The molecule has 0 aliphatic rings. The first-order chi connectivity index (χ1) is 38.8. The fraction of sp³-hybridized carbons (Fsp3) is 0.291. The van der Waals surface area contributed by atoms with Gasteiger partial charge in [-0.15, -0.1) is 0 Å². The number of aryl methyl sites for hydroxylation is 8. The molecule has 0 bridgehead atoms. The molecule has 0 heterocycles. The van der Waals surface area contributed by atoms with E-state index in [2.05, 4.69) is 298 Å². The molecule has 0 spiro atoms. The minimum Gasteiger partial charge on any atom is -0.0917 e. The smallest absolute Gasteiger partial charge is 0.0184 e. The fourth-order valence-electron chi connectivity index (χ4n) is 9.40. The highest BCUT2D eigenvalue weighted by atomic mass is 14.1. The van der Waals surface area contributed by atoms with Crippen LogP contribution < -0.4 is 0 Å². The van der Waals surface area contributed by atoms with Gasteiger partial charge in [0.05, 0.1) is 0 Å². The van der Waals surface area contributed by atoms with Gasteiger partial charge in [-0.2, -0.15) is 0 Å². The fourth-order valence-corrected chi connectivity index (χ4v) is 9.40. The average Bonchev–Trinajstić information content (AvgIpc) is 3.50. The van der Waals surface area contributed by atoms with E-state index in [-0.39, 0.29) is 0 Å². The maximum Gasteiger partial charge on any atom is -0.0184 e. The molecule has 79 heavy (non-hydrogen) atoms. The van der Waals surface area contributed by atoms with Crippen molar-refractivity contribution in [3.63, 3.8) is 0 Å². The van der Waals surface area contributed by atoms with Crippen LogP contribution in [0.15, 0.2) is 243 Å². The molecule has 0 amide bonds. The summed E-state index contributed by atoms with van der Waals surface area (Å²) < 4.78 is 0. The highest BCUT2D eigenvalue weighted by molar-refractivity contribution is 5.66. The van der Waals surface area contributed by atoms with Gasteiger partial charge < -0.3 is 0 Å². The second kappa shape index (κ2) is 37.5. The first-order valence-corrected chi connectivity index (χ1v) is 29.9. The molecule has 410 valence electrons. The lowest BCUT2D eigenvalue weighted by atomic mass is 9.99. The normalized spacial score (nSPS) is 11.1. The predicted molar refractivity (Wildman–Crippen MR) is 351 cm³/mol. The summed E-state index contributed by atoms with van der Waals surface area (Å²) in [5, 5.41) is 0. The molecule has 0 aliphatic heterocycles. The van der Waals surface area contributed by atoms with Crippen molar-refractivity contribution in [2.75, 3.05) is 0 Å². The van der Waals surface area contributed by atoms with Crippen molar-refractivity contribution in [1.82, 2.24) is 0 Å². The molecule has 0 aliphatic carbocycles. The number of rotatable bonds is 23. The molecule has 0 heteroatoms. The zero-order valence-corrected chi connectivity index (χ0v) is 49.7. The van der Waals surface area contributed by atoms with Gasteiger partial charge in [0.2, 0.25) is 0 Å². The lowest BCUT2D eigenvalue weighted by Crippen LogP contribution is -1.87. The van der Waals surface area contributed by atoms with Gasteiger partial charge in [-0.3, -0.25) is 0 Å². The van der Waals surface area contributed by atoms with Gasteiger partial charge in [-0.1, -0.05) is 288 Å². The number of benzene rings is 8. The van der Waals surface area contributed by atoms with Crippen molar-refractivity contribution < 1.29 is 0 Å². The maximum atomic E-state index is 2.28. The summed E-state index contributed by atoms with van der Waals surface area (Å²) in [6.45, 7) is 17.1. The van der Waals surface area contributed by atoms with Crippen LogP contribution in [-0.4, -0.2) is 0 Å². The molecule has 0 nitrogen and oxygen atoms in total. The van der Waals surface area contributed by atoms with E-state index in [1.165, 1.54) is 128 Å². The Balaban J connectivity index is 0.000000194. The van der Waals surface area contributed by atoms with Crippen molar-refractivity contribution in [2.45, 2.75) is 152 Å². The van der Waals surface area contributed by atoms with Crippen LogP contribution in [-0.2, 0) is 44.9 Å². The molecule has 0 N–H and O–H groups in total. The van der Waals surface area contributed by atoms with E-state index in [9.17, 15) is 0 Å². The summed E-state index contributed by atoms with van der Waals surface area (Å²) >= 11 is 0. The third-order valence-corrected chi connectivity index (χ3v) is 14.4.